The fourth-order valence-corrected chi connectivity index (χ4v) is 3.19. The summed E-state index contributed by atoms with van der Waals surface area (Å²) in [7, 11) is 0. The average Bonchev–Trinajstić information content (AvgIpc) is 3.00. The highest BCUT2D eigenvalue weighted by Gasteiger charge is 2.28. The zero-order valence-electron chi connectivity index (χ0n) is 13.6. The van der Waals surface area contributed by atoms with E-state index in [0.717, 1.165) is 58.3 Å². The minimum absolute atomic E-state index is 0. The van der Waals surface area contributed by atoms with Crippen molar-refractivity contribution in [1.82, 2.24) is 15.5 Å². The van der Waals surface area contributed by atoms with Crippen molar-refractivity contribution < 1.29 is 9.59 Å². The maximum absolute atomic E-state index is 12.2. The third-order valence-electron chi connectivity index (χ3n) is 4.63. The van der Waals surface area contributed by atoms with Crippen LogP contribution in [0.4, 0.5) is 0 Å². The number of halogens is 1. The number of nitrogens with zero attached hydrogens (tertiary/aromatic N) is 1. The Kier molecular flexibility index (Phi) is 8.79. The van der Waals surface area contributed by atoms with Crippen molar-refractivity contribution in [3.05, 3.63) is 0 Å². The van der Waals surface area contributed by atoms with Crippen LogP contribution in [0.25, 0.3) is 0 Å². The van der Waals surface area contributed by atoms with Gasteiger partial charge in [0, 0.05) is 38.0 Å². The molecule has 2 fully saturated rings. The van der Waals surface area contributed by atoms with Crippen molar-refractivity contribution >= 4 is 24.2 Å². The second-order valence-electron chi connectivity index (χ2n) is 6.30. The molecule has 2 amide bonds. The Bertz CT molecular complexity index is 351. The van der Waals surface area contributed by atoms with Crippen LogP contribution >= 0.6 is 12.4 Å². The van der Waals surface area contributed by atoms with Gasteiger partial charge < -0.3 is 15.5 Å². The Labute approximate surface area is 140 Å². The van der Waals surface area contributed by atoms with E-state index in [2.05, 4.69) is 17.6 Å². The predicted octanol–water partition coefficient (Wildman–Crippen LogP) is 1.71. The van der Waals surface area contributed by atoms with E-state index in [1.54, 1.807) is 0 Å². The highest BCUT2D eigenvalue weighted by Crippen LogP contribution is 2.19. The van der Waals surface area contributed by atoms with Crippen molar-refractivity contribution in [2.24, 2.45) is 5.92 Å². The summed E-state index contributed by atoms with van der Waals surface area (Å²) in [6, 6.07) is 0.368. The molecule has 2 heterocycles. The predicted molar refractivity (Wildman–Crippen MR) is 90.1 cm³/mol. The normalized spacial score (nSPS) is 22.2. The summed E-state index contributed by atoms with van der Waals surface area (Å²) >= 11 is 0. The number of rotatable bonds is 6. The molecule has 2 rings (SSSR count). The van der Waals surface area contributed by atoms with Crippen LogP contribution in [0.2, 0.25) is 0 Å². The lowest BCUT2D eigenvalue weighted by atomic mass is 9.95. The van der Waals surface area contributed by atoms with Gasteiger partial charge in [0.25, 0.3) is 0 Å². The fraction of sp³-hybridized carbons (Fsp3) is 0.875. The van der Waals surface area contributed by atoms with Crippen LogP contribution in [-0.2, 0) is 9.59 Å². The fourth-order valence-electron chi connectivity index (χ4n) is 3.19. The van der Waals surface area contributed by atoms with Crippen molar-refractivity contribution in [2.75, 3.05) is 26.2 Å². The van der Waals surface area contributed by atoms with E-state index in [4.69, 9.17) is 0 Å². The standard InChI is InChI=1S/C16H29N3O2.ClH/c1-2-3-8-18-16(21)13-6-10-19(11-7-13)15(20)12-14-5-4-9-17-14;/h13-14,17H,2-12H2,1H3,(H,18,21);1H. The first-order valence-corrected chi connectivity index (χ1v) is 8.49. The summed E-state index contributed by atoms with van der Waals surface area (Å²) < 4.78 is 0. The van der Waals surface area contributed by atoms with Crippen LogP contribution in [0.3, 0.4) is 0 Å². The molecule has 0 bridgehead atoms. The quantitative estimate of drug-likeness (QED) is 0.728. The molecule has 5 nitrogen and oxygen atoms in total. The molecule has 1 atom stereocenters. The zero-order valence-corrected chi connectivity index (χ0v) is 14.4. The third kappa shape index (κ3) is 5.76. The minimum Gasteiger partial charge on any atom is -0.356 e. The van der Waals surface area contributed by atoms with Gasteiger partial charge in [-0.25, -0.2) is 0 Å². The molecule has 1 unspecified atom stereocenters. The van der Waals surface area contributed by atoms with Gasteiger partial charge in [-0.2, -0.15) is 0 Å². The first kappa shape index (κ1) is 19.2. The SMILES string of the molecule is CCCCNC(=O)C1CCN(C(=O)CC2CCCN2)CC1.Cl. The summed E-state index contributed by atoms with van der Waals surface area (Å²) in [5.41, 5.74) is 0. The smallest absolute Gasteiger partial charge is 0.224 e. The van der Waals surface area contributed by atoms with Gasteiger partial charge in [-0.15, -0.1) is 12.4 Å². The number of unbranched alkanes of at least 4 members (excludes halogenated alkanes) is 1. The first-order chi connectivity index (χ1) is 10.2. The Morgan fingerprint density at radius 3 is 2.55 bits per heavy atom. The second kappa shape index (κ2) is 10.1. The van der Waals surface area contributed by atoms with Crippen LogP contribution in [0, 0.1) is 5.92 Å². The molecule has 128 valence electrons. The molecule has 0 spiro atoms. The number of amides is 2. The van der Waals surface area contributed by atoms with E-state index in [1.807, 2.05) is 4.90 Å². The van der Waals surface area contributed by atoms with Crippen LogP contribution < -0.4 is 10.6 Å². The molecule has 2 aliphatic rings. The molecule has 2 N–H and O–H groups in total. The van der Waals surface area contributed by atoms with E-state index < -0.39 is 0 Å². The Morgan fingerprint density at radius 2 is 1.95 bits per heavy atom. The van der Waals surface area contributed by atoms with E-state index in [1.165, 1.54) is 6.42 Å². The Balaban J connectivity index is 0.00000242. The molecule has 2 saturated heterocycles. The summed E-state index contributed by atoms with van der Waals surface area (Å²) in [4.78, 5) is 26.2. The maximum Gasteiger partial charge on any atom is 0.224 e. The summed E-state index contributed by atoms with van der Waals surface area (Å²) in [5, 5.41) is 6.37. The average molecular weight is 332 g/mol. The number of carbonyl (C=O) groups is 2. The lowest BCUT2D eigenvalue weighted by molar-refractivity contribution is -0.136. The number of piperidine rings is 1. The van der Waals surface area contributed by atoms with Crippen molar-refractivity contribution in [1.29, 1.82) is 0 Å². The zero-order chi connectivity index (χ0) is 15.1. The summed E-state index contributed by atoms with van der Waals surface area (Å²) in [5.74, 6) is 0.516. The number of carbonyl (C=O) groups excluding carboxylic acids is 2. The lowest BCUT2D eigenvalue weighted by Gasteiger charge is -2.32. The van der Waals surface area contributed by atoms with Gasteiger partial charge in [-0.05, 0) is 38.6 Å². The van der Waals surface area contributed by atoms with Gasteiger partial charge in [0.2, 0.25) is 11.8 Å². The number of likely N-dealkylation sites (tertiary alicyclic amines) is 1. The van der Waals surface area contributed by atoms with Gasteiger partial charge in [-0.3, -0.25) is 9.59 Å². The van der Waals surface area contributed by atoms with Gasteiger partial charge >= 0.3 is 0 Å². The van der Waals surface area contributed by atoms with Crippen LogP contribution in [0.5, 0.6) is 0 Å². The molecular formula is C16H30ClN3O2. The van der Waals surface area contributed by atoms with Crippen LogP contribution in [0.15, 0.2) is 0 Å². The highest BCUT2D eigenvalue weighted by atomic mass is 35.5. The molecule has 0 radical (unpaired) electrons. The molecule has 0 aromatic heterocycles. The molecule has 22 heavy (non-hydrogen) atoms. The molecule has 0 aromatic rings. The minimum atomic E-state index is 0. The molecule has 0 aliphatic carbocycles. The maximum atomic E-state index is 12.2. The second-order valence-corrected chi connectivity index (χ2v) is 6.30. The van der Waals surface area contributed by atoms with Crippen LogP contribution in [-0.4, -0.2) is 48.9 Å². The molecular weight excluding hydrogens is 302 g/mol. The molecule has 0 saturated carbocycles. The molecule has 0 aromatic carbocycles. The summed E-state index contributed by atoms with van der Waals surface area (Å²) in [6.07, 6.45) is 6.66. The lowest BCUT2D eigenvalue weighted by Crippen LogP contribution is -2.44. The third-order valence-corrected chi connectivity index (χ3v) is 4.63. The highest BCUT2D eigenvalue weighted by molar-refractivity contribution is 5.85. The van der Waals surface area contributed by atoms with E-state index >= 15 is 0 Å². The van der Waals surface area contributed by atoms with Crippen molar-refractivity contribution in [3.8, 4) is 0 Å². The first-order valence-electron chi connectivity index (χ1n) is 8.49. The van der Waals surface area contributed by atoms with E-state index in [9.17, 15) is 9.59 Å². The van der Waals surface area contributed by atoms with Crippen molar-refractivity contribution in [3.63, 3.8) is 0 Å². The van der Waals surface area contributed by atoms with Gasteiger partial charge in [-0.1, -0.05) is 13.3 Å². The topological polar surface area (TPSA) is 61.4 Å². The monoisotopic (exact) mass is 331 g/mol. The Hall–Kier alpha value is -0.810. The van der Waals surface area contributed by atoms with Gasteiger partial charge in [0.15, 0.2) is 0 Å². The van der Waals surface area contributed by atoms with E-state index in [-0.39, 0.29) is 30.1 Å². The number of hydrogen-bond acceptors (Lipinski definition) is 3. The molecule has 6 heteroatoms. The van der Waals surface area contributed by atoms with Crippen LogP contribution in [0.1, 0.15) is 51.9 Å². The van der Waals surface area contributed by atoms with Gasteiger partial charge in [0.05, 0.1) is 0 Å². The van der Waals surface area contributed by atoms with E-state index in [0.29, 0.717) is 12.5 Å². The number of hydrogen-bond donors (Lipinski definition) is 2. The summed E-state index contributed by atoms with van der Waals surface area (Å²) in [6.45, 7) is 5.41. The van der Waals surface area contributed by atoms with Crippen molar-refractivity contribution in [2.45, 2.75) is 57.9 Å². The van der Waals surface area contributed by atoms with Gasteiger partial charge in [0.1, 0.15) is 0 Å². The number of nitrogens with one attached hydrogen (secondary N) is 2. The molecule has 2 aliphatic heterocycles. The largest absolute Gasteiger partial charge is 0.356 e. The Morgan fingerprint density at radius 1 is 1.23 bits per heavy atom.